The maximum atomic E-state index is 5.63. The minimum absolute atomic E-state index is 0.824. The van der Waals surface area contributed by atoms with Crippen molar-refractivity contribution < 1.29 is 4.84 Å². The molecule has 0 spiro atoms. The number of rotatable bonds is 2. The largest absolute Gasteiger partial charge is 0.405 e. The van der Waals surface area contributed by atoms with Gasteiger partial charge < -0.3 is 4.84 Å². The normalized spacial score (nSPS) is 18.5. The molecule has 0 aromatic heterocycles. The molecule has 0 bridgehead atoms. The number of hydrogen-bond donors (Lipinski definition) is 0. The Kier molecular flexibility index (Phi) is 2.82. The fraction of sp³-hybridized carbons (Fsp3) is 0.455. The zero-order valence-corrected chi connectivity index (χ0v) is 7.70. The van der Waals surface area contributed by atoms with E-state index in [2.05, 4.69) is 6.07 Å². The molecule has 0 aliphatic carbocycles. The summed E-state index contributed by atoms with van der Waals surface area (Å²) in [5.41, 5.74) is 0. The van der Waals surface area contributed by atoms with Crippen molar-refractivity contribution >= 4 is 0 Å². The molecule has 2 heteroatoms. The van der Waals surface area contributed by atoms with Crippen LogP contribution in [0.15, 0.2) is 24.3 Å². The van der Waals surface area contributed by atoms with Crippen molar-refractivity contribution in [1.29, 1.82) is 0 Å². The second-order valence-corrected chi connectivity index (χ2v) is 3.31. The van der Waals surface area contributed by atoms with Gasteiger partial charge in [0.2, 0.25) is 0 Å². The molecule has 0 N–H and O–H groups in total. The quantitative estimate of drug-likeness (QED) is 0.685. The van der Waals surface area contributed by atoms with Crippen molar-refractivity contribution in [2.75, 3.05) is 13.1 Å². The molecule has 1 fully saturated rings. The lowest BCUT2D eigenvalue weighted by atomic mass is 10.2. The van der Waals surface area contributed by atoms with Crippen LogP contribution in [-0.2, 0) is 0 Å². The lowest BCUT2D eigenvalue weighted by Crippen LogP contribution is -2.32. The third-order valence-corrected chi connectivity index (χ3v) is 2.22. The Labute approximate surface area is 79.1 Å². The van der Waals surface area contributed by atoms with E-state index in [0.29, 0.717) is 0 Å². The van der Waals surface area contributed by atoms with Gasteiger partial charge in [-0.05, 0) is 18.9 Å². The molecular weight excluding hydrogens is 162 g/mol. The third kappa shape index (κ3) is 2.46. The lowest BCUT2D eigenvalue weighted by Gasteiger charge is -2.25. The molecule has 13 heavy (non-hydrogen) atoms. The zero-order valence-electron chi connectivity index (χ0n) is 7.70. The van der Waals surface area contributed by atoms with Gasteiger partial charge in [0.05, 0.1) is 0 Å². The average Bonchev–Trinajstić information content (AvgIpc) is 2.21. The highest BCUT2D eigenvalue weighted by molar-refractivity contribution is 5.18. The Morgan fingerprint density at radius 2 is 2.00 bits per heavy atom. The third-order valence-electron chi connectivity index (χ3n) is 2.22. The van der Waals surface area contributed by atoms with Crippen molar-refractivity contribution in [3.63, 3.8) is 0 Å². The van der Waals surface area contributed by atoms with Gasteiger partial charge in [0.1, 0.15) is 0 Å². The summed E-state index contributed by atoms with van der Waals surface area (Å²) in [4.78, 5) is 5.63. The summed E-state index contributed by atoms with van der Waals surface area (Å²) in [7, 11) is 0. The predicted molar refractivity (Wildman–Crippen MR) is 51.3 cm³/mol. The van der Waals surface area contributed by atoms with Gasteiger partial charge in [-0.1, -0.05) is 24.6 Å². The van der Waals surface area contributed by atoms with Crippen LogP contribution >= 0.6 is 0 Å². The van der Waals surface area contributed by atoms with Gasteiger partial charge in [-0.3, -0.25) is 0 Å². The molecule has 1 saturated heterocycles. The van der Waals surface area contributed by atoms with Crippen LogP contribution in [0.5, 0.6) is 5.75 Å². The van der Waals surface area contributed by atoms with Crippen LogP contribution in [0.2, 0.25) is 0 Å². The van der Waals surface area contributed by atoms with E-state index in [-0.39, 0.29) is 0 Å². The lowest BCUT2D eigenvalue weighted by molar-refractivity contribution is -0.0722. The van der Waals surface area contributed by atoms with E-state index in [1.54, 1.807) is 0 Å². The van der Waals surface area contributed by atoms with Crippen LogP contribution in [0.25, 0.3) is 0 Å². The molecule has 0 saturated carbocycles. The molecule has 1 aliphatic heterocycles. The monoisotopic (exact) mass is 176 g/mol. The molecule has 1 aliphatic rings. The molecule has 1 radical (unpaired) electrons. The maximum absolute atomic E-state index is 5.63. The van der Waals surface area contributed by atoms with Crippen LogP contribution in [0.4, 0.5) is 0 Å². The summed E-state index contributed by atoms with van der Waals surface area (Å²) in [6.07, 6.45) is 3.82. The summed E-state index contributed by atoms with van der Waals surface area (Å²) in [5.74, 6) is 0.824. The Morgan fingerprint density at radius 3 is 2.69 bits per heavy atom. The van der Waals surface area contributed by atoms with Crippen LogP contribution in [-0.4, -0.2) is 18.2 Å². The van der Waals surface area contributed by atoms with Gasteiger partial charge in [-0.15, -0.1) is 5.06 Å². The topological polar surface area (TPSA) is 12.5 Å². The summed E-state index contributed by atoms with van der Waals surface area (Å²) in [5, 5.41) is 2.02. The second-order valence-electron chi connectivity index (χ2n) is 3.31. The molecule has 69 valence electrons. The predicted octanol–water partition coefficient (Wildman–Crippen LogP) is 2.27. The standard InChI is InChI=1S/C11H14NO/c1-3-7-11(8-4-1)13-12-9-5-2-6-10-12/h1,3-4,7H,2,5-6,9-10H2. The van der Waals surface area contributed by atoms with Gasteiger partial charge in [-0.25, -0.2) is 0 Å². The summed E-state index contributed by atoms with van der Waals surface area (Å²) in [6, 6.07) is 10.8. The van der Waals surface area contributed by atoms with E-state index >= 15 is 0 Å². The number of piperidine rings is 1. The minimum Gasteiger partial charge on any atom is -0.405 e. The van der Waals surface area contributed by atoms with E-state index in [0.717, 1.165) is 18.8 Å². The maximum Gasteiger partial charge on any atom is 0.155 e. The highest BCUT2D eigenvalue weighted by Gasteiger charge is 2.10. The molecule has 0 atom stereocenters. The molecule has 2 nitrogen and oxygen atoms in total. The van der Waals surface area contributed by atoms with Crippen molar-refractivity contribution in [1.82, 2.24) is 5.06 Å². The zero-order chi connectivity index (χ0) is 8.93. The van der Waals surface area contributed by atoms with Crippen LogP contribution < -0.4 is 4.84 Å². The van der Waals surface area contributed by atoms with Gasteiger partial charge in [0.25, 0.3) is 0 Å². The smallest absolute Gasteiger partial charge is 0.155 e. The molecule has 2 rings (SSSR count). The number of para-hydroxylation sites is 1. The van der Waals surface area contributed by atoms with Crippen molar-refractivity contribution in [2.45, 2.75) is 19.3 Å². The van der Waals surface area contributed by atoms with Gasteiger partial charge in [0, 0.05) is 19.2 Å². The molecule has 0 unspecified atom stereocenters. The fourth-order valence-electron chi connectivity index (χ4n) is 1.53. The first-order valence-electron chi connectivity index (χ1n) is 4.85. The van der Waals surface area contributed by atoms with Crippen LogP contribution in [0, 0.1) is 6.07 Å². The Bertz CT molecular complexity index is 242. The first kappa shape index (κ1) is 8.57. The van der Waals surface area contributed by atoms with E-state index in [9.17, 15) is 0 Å². The van der Waals surface area contributed by atoms with Gasteiger partial charge in [-0.2, -0.15) is 0 Å². The van der Waals surface area contributed by atoms with Gasteiger partial charge in [0.15, 0.2) is 5.75 Å². The summed E-state index contributed by atoms with van der Waals surface area (Å²) in [6.45, 7) is 2.09. The van der Waals surface area contributed by atoms with E-state index in [1.807, 2.05) is 29.3 Å². The van der Waals surface area contributed by atoms with E-state index in [1.165, 1.54) is 19.3 Å². The van der Waals surface area contributed by atoms with Crippen molar-refractivity contribution in [3.8, 4) is 5.75 Å². The number of nitrogens with zero attached hydrogens (tertiary/aromatic N) is 1. The Balaban J connectivity index is 1.90. The van der Waals surface area contributed by atoms with Crippen molar-refractivity contribution in [3.05, 3.63) is 30.3 Å². The van der Waals surface area contributed by atoms with Crippen LogP contribution in [0.1, 0.15) is 19.3 Å². The first-order chi connectivity index (χ1) is 6.45. The second kappa shape index (κ2) is 4.28. The molecule has 0 amide bonds. The van der Waals surface area contributed by atoms with Crippen molar-refractivity contribution in [2.24, 2.45) is 0 Å². The van der Waals surface area contributed by atoms with E-state index in [4.69, 9.17) is 4.84 Å². The molecule has 1 aromatic rings. The van der Waals surface area contributed by atoms with Crippen LogP contribution in [0.3, 0.4) is 0 Å². The SMILES string of the molecule is [c]1ccccc1ON1CCCCC1. The Morgan fingerprint density at radius 1 is 1.15 bits per heavy atom. The van der Waals surface area contributed by atoms with Gasteiger partial charge >= 0.3 is 0 Å². The highest BCUT2D eigenvalue weighted by Crippen LogP contribution is 2.14. The van der Waals surface area contributed by atoms with E-state index < -0.39 is 0 Å². The Hall–Kier alpha value is -1.02. The number of hydroxylamine groups is 2. The fourth-order valence-corrected chi connectivity index (χ4v) is 1.53. The highest BCUT2D eigenvalue weighted by atomic mass is 16.7. The average molecular weight is 176 g/mol. The molecular formula is C11H14NO. The molecule has 1 aromatic carbocycles. The number of hydrogen-bond acceptors (Lipinski definition) is 2. The first-order valence-corrected chi connectivity index (χ1v) is 4.85. The minimum atomic E-state index is 0.824. The molecule has 1 heterocycles. The summed E-state index contributed by atoms with van der Waals surface area (Å²) < 4.78 is 0. The summed E-state index contributed by atoms with van der Waals surface area (Å²) >= 11 is 0. The number of benzene rings is 1.